The van der Waals surface area contributed by atoms with Gasteiger partial charge in [0.05, 0.1) is 13.2 Å². The van der Waals surface area contributed by atoms with Crippen LogP contribution in [0.3, 0.4) is 0 Å². The molecule has 19 heavy (non-hydrogen) atoms. The lowest BCUT2D eigenvalue weighted by atomic mass is 9.92. The van der Waals surface area contributed by atoms with Crippen molar-refractivity contribution in [3.63, 3.8) is 0 Å². The Morgan fingerprint density at radius 1 is 1.21 bits per heavy atom. The summed E-state index contributed by atoms with van der Waals surface area (Å²) >= 11 is 0. The summed E-state index contributed by atoms with van der Waals surface area (Å²) in [6, 6.07) is 0. The molecule has 0 aliphatic heterocycles. The van der Waals surface area contributed by atoms with E-state index in [2.05, 4.69) is 11.8 Å². The summed E-state index contributed by atoms with van der Waals surface area (Å²) in [5, 5.41) is 10.6. The van der Waals surface area contributed by atoms with E-state index >= 15 is 0 Å². The lowest BCUT2D eigenvalue weighted by molar-refractivity contribution is -0.486. The number of esters is 2. The minimum Gasteiger partial charge on any atom is -0.465 e. The molecule has 0 rings (SSSR count). The maximum absolute atomic E-state index is 11.7. The summed E-state index contributed by atoms with van der Waals surface area (Å²) in [6.07, 6.45) is 0. The van der Waals surface area contributed by atoms with Gasteiger partial charge in [-0.15, -0.1) is 5.92 Å². The van der Waals surface area contributed by atoms with Gasteiger partial charge in [-0.3, -0.25) is 19.7 Å². The van der Waals surface area contributed by atoms with Crippen LogP contribution in [-0.4, -0.2) is 36.6 Å². The lowest BCUT2D eigenvalue weighted by Crippen LogP contribution is -2.37. The van der Waals surface area contributed by atoms with Crippen LogP contribution in [0.15, 0.2) is 0 Å². The molecular formula is C12H17NO6. The van der Waals surface area contributed by atoms with Gasteiger partial charge in [-0.25, -0.2) is 0 Å². The van der Waals surface area contributed by atoms with Gasteiger partial charge in [0.25, 0.3) is 0 Å². The lowest BCUT2D eigenvalue weighted by Gasteiger charge is -2.17. The molecule has 0 bridgehead atoms. The number of nitrogens with zero attached hydrogens (tertiary/aromatic N) is 1. The van der Waals surface area contributed by atoms with Gasteiger partial charge < -0.3 is 9.47 Å². The Bertz CT molecular complexity index is 377. The second kappa shape index (κ2) is 8.91. The SMILES string of the molecule is CC#CC(C[N+](=O)[O-])C(C(=O)OCC)C(=O)OCC. The third-order valence-electron chi connectivity index (χ3n) is 2.16. The maximum Gasteiger partial charge on any atom is 0.321 e. The van der Waals surface area contributed by atoms with Gasteiger partial charge in [0.1, 0.15) is 5.92 Å². The van der Waals surface area contributed by atoms with Crippen LogP contribution in [0.5, 0.6) is 0 Å². The van der Waals surface area contributed by atoms with Crippen LogP contribution in [0.2, 0.25) is 0 Å². The zero-order valence-electron chi connectivity index (χ0n) is 11.2. The first kappa shape index (κ1) is 16.9. The van der Waals surface area contributed by atoms with E-state index in [1.54, 1.807) is 13.8 Å². The molecule has 0 aromatic carbocycles. The second-order valence-electron chi connectivity index (χ2n) is 3.50. The Kier molecular flexibility index (Phi) is 7.93. The molecule has 0 heterocycles. The average Bonchev–Trinajstić information content (AvgIpc) is 2.29. The monoisotopic (exact) mass is 271 g/mol. The number of carbonyl (C=O) groups is 2. The van der Waals surface area contributed by atoms with E-state index in [1.807, 2.05) is 0 Å². The molecule has 0 fully saturated rings. The molecule has 0 saturated heterocycles. The molecule has 0 aliphatic carbocycles. The molecular weight excluding hydrogens is 254 g/mol. The highest BCUT2D eigenvalue weighted by Gasteiger charge is 2.39. The fourth-order valence-corrected chi connectivity index (χ4v) is 1.47. The molecule has 0 amide bonds. The van der Waals surface area contributed by atoms with Crippen molar-refractivity contribution in [2.45, 2.75) is 20.8 Å². The Balaban J connectivity index is 5.23. The van der Waals surface area contributed by atoms with E-state index in [-0.39, 0.29) is 13.2 Å². The molecule has 0 saturated carbocycles. The predicted molar refractivity (Wildman–Crippen MR) is 65.6 cm³/mol. The summed E-state index contributed by atoms with van der Waals surface area (Å²) in [7, 11) is 0. The average molecular weight is 271 g/mol. The minimum atomic E-state index is -1.39. The highest BCUT2D eigenvalue weighted by atomic mass is 16.6. The van der Waals surface area contributed by atoms with Crippen LogP contribution in [-0.2, 0) is 19.1 Å². The van der Waals surface area contributed by atoms with Gasteiger partial charge in [-0.1, -0.05) is 5.92 Å². The first-order chi connectivity index (χ1) is 8.97. The Morgan fingerprint density at radius 2 is 1.68 bits per heavy atom. The number of carbonyl (C=O) groups excluding carboxylic acids is 2. The molecule has 7 heteroatoms. The van der Waals surface area contributed by atoms with Crippen LogP contribution in [0.4, 0.5) is 0 Å². The molecule has 0 aliphatic rings. The van der Waals surface area contributed by atoms with Crippen molar-refractivity contribution in [2.24, 2.45) is 11.8 Å². The van der Waals surface area contributed by atoms with E-state index in [0.717, 1.165) is 0 Å². The smallest absolute Gasteiger partial charge is 0.321 e. The third-order valence-corrected chi connectivity index (χ3v) is 2.16. The summed E-state index contributed by atoms with van der Waals surface area (Å²) in [4.78, 5) is 33.4. The fourth-order valence-electron chi connectivity index (χ4n) is 1.47. The third kappa shape index (κ3) is 5.86. The number of rotatable bonds is 7. The number of hydrogen-bond acceptors (Lipinski definition) is 6. The summed E-state index contributed by atoms with van der Waals surface area (Å²) < 4.78 is 9.50. The van der Waals surface area contributed by atoms with Crippen molar-refractivity contribution in [3.8, 4) is 11.8 Å². The zero-order chi connectivity index (χ0) is 14.8. The van der Waals surface area contributed by atoms with E-state index in [9.17, 15) is 19.7 Å². The predicted octanol–water partition coefficient (Wildman–Crippen LogP) is 0.645. The van der Waals surface area contributed by atoms with E-state index in [1.165, 1.54) is 6.92 Å². The molecule has 1 unspecified atom stereocenters. The standard InChI is InChI=1S/C12H17NO6/c1-4-7-9(8-13(16)17)10(11(14)18-5-2)12(15)19-6-3/h9-10H,5-6,8H2,1-3H3. The number of nitro groups is 1. The van der Waals surface area contributed by atoms with Crippen LogP contribution in [0, 0.1) is 33.8 Å². The largest absolute Gasteiger partial charge is 0.465 e. The molecule has 0 aromatic heterocycles. The highest BCUT2D eigenvalue weighted by Crippen LogP contribution is 2.16. The Morgan fingerprint density at radius 3 is 2.00 bits per heavy atom. The van der Waals surface area contributed by atoms with Gasteiger partial charge in [-0.05, 0) is 20.8 Å². The topological polar surface area (TPSA) is 95.7 Å². The Labute approximate surface area is 111 Å². The van der Waals surface area contributed by atoms with Gasteiger partial charge in [0.15, 0.2) is 5.92 Å². The summed E-state index contributed by atoms with van der Waals surface area (Å²) in [5.41, 5.74) is 0. The molecule has 0 N–H and O–H groups in total. The molecule has 7 nitrogen and oxygen atoms in total. The first-order valence-corrected chi connectivity index (χ1v) is 5.85. The molecule has 0 radical (unpaired) electrons. The first-order valence-electron chi connectivity index (χ1n) is 5.85. The van der Waals surface area contributed by atoms with Crippen molar-refractivity contribution < 1.29 is 24.0 Å². The van der Waals surface area contributed by atoms with Gasteiger partial charge >= 0.3 is 11.9 Å². The molecule has 0 spiro atoms. The molecule has 106 valence electrons. The quantitative estimate of drug-likeness (QED) is 0.222. The van der Waals surface area contributed by atoms with Gasteiger partial charge in [0, 0.05) is 4.92 Å². The van der Waals surface area contributed by atoms with E-state index in [4.69, 9.17) is 9.47 Å². The van der Waals surface area contributed by atoms with Crippen LogP contribution >= 0.6 is 0 Å². The van der Waals surface area contributed by atoms with E-state index in [0.29, 0.717) is 0 Å². The van der Waals surface area contributed by atoms with Crippen molar-refractivity contribution in [1.29, 1.82) is 0 Å². The van der Waals surface area contributed by atoms with Gasteiger partial charge in [0.2, 0.25) is 6.54 Å². The normalized spacial score (nSPS) is 11.2. The second-order valence-corrected chi connectivity index (χ2v) is 3.50. The summed E-state index contributed by atoms with van der Waals surface area (Å²) in [6.45, 7) is 4.14. The number of ether oxygens (including phenoxy) is 2. The van der Waals surface area contributed by atoms with Crippen molar-refractivity contribution in [1.82, 2.24) is 0 Å². The Hall–Kier alpha value is -2.10. The summed E-state index contributed by atoms with van der Waals surface area (Å²) in [5.74, 6) is 0.826. The van der Waals surface area contributed by atoms with Crippen molar-refractivity contribution in [2.75, 3.05) is 19.8 Å². The minimum absolute atomic E-state index is 0.0689. The maximum atomic E-state index is 11.7. The fraction of sp³-hybridized carbons (Fsp3) is 0.667. The van der Waals surface area contributed by atoms with Crippen LogP contribution in [0.1, 0.15) is 20.8 Å². The van der Waals surface area contributed by atoms with Crippen LogP contribution < -0.4 is 0 Å². The van der Waals surface area contributed by atoms with Crippen LogP contribution in [0.25, 0.3) is 0 Å². The molecule has 0 aromatic rings. The zero-order valence-corrected chi connectivity index (χ0v) is 11.2. The molecule has 1 atom stereocenters. The van der Waals surface area contributed by atoms with Crippen molar-refractivity contribution in [3.05, 3.63) is 10.1 Å². The number of hydrogen-bond donors (Lipinski definition) is 0. The van der Waals surface area contributed by atoms with Gasteiger partial charge in [-0.2, -0.15) is 0 Å². The van der Waals surface area contributed by atoms with Crippen molar-refractivity contribution >= 4 is 11.9 Å². The van der Waals surface area contributed by atoms with E-state index < -0.39 is 35.2 Å². The highest BCUT2D eigenvalue weighted by molar-refractivity contribution is 5.95.